The van der Waals surface area contributed by atoms with Crippen molar-refractivity contribution in [1.82, 2.24) is 14.8 Å². The van der Waals surface area contributed by atoms with Gasteiger partial charge in [-0.15, -0.1) is 5.10 Å². The smallest absolute Gasteiger partial charge is 0.328 e. The highest BCUT2D eigenvalue weighted by molar-refractivity contribution is 9.10. The zero-order chi connectivity index (χ0) is 8.43. The number of hydrogen-bond acceptors (Lipinski definition) is 3. The molecule has 0 aromatic carbocycles. The molecule has 0 fully saturated rings. The molecular formula is C5H6BrN3O2. The van der Waals surface area contributed by atoms with Crippen molar-refractivity contribution in [2.45, 2.75) is 13.0 Å². The Morgan fingerprint density at radius 3 is 2.91 bits per heavy atom. The lowest BCUT2D eigenvalue weighted by Crippen LogP contribution is -2.15. The van der Waals surface area contributed by atoms with E-state index >= 15 is 0 Å². The molecule has 5 nitrogen and oxygen atoms in total. The zero-order valence-electron chi connectivity index (χ0n) is 5.73. The van der Waals surface area contributed by atoms with Crippen LogP contribution < -0.4 is 0 Å². The second-order valence-corrected chi connectivity index (χ2v) is 2.72. The van der Waals surface area contributed by atoms with Crippen molar-refractivity contribution in [3.05, 3.63) is 11.1 Å². The molecule has 1 rings (SSSR count). The predicted octanol–water partition coefficient (Wildman–Crippen LogP) is 0.686. The zero-order valence-corrected chi connectivity index (χ0v) is 7.32. The number of halogens is 1. The summed E-state index contributed by atoms with van der Waals surface area (Å²) in [6.45, 7) is 1.53. The Morgan fingerprint density at radius 2 is 2.55 bits per heavy atom. The fourth-order valence-electron chi connectivity index (χ4n) is 0.553. The van der Waals surface area contributed by atoms with Gasteiger partial charge >= 0.3 is 5.97 Å². The van der Waals surface area contributed by atoms with Gasteiger partial charge in [0, 0.05) is 0 Å². The van der Waals surface area contributed by atoms with Crippen LogP contribution in [-0.4, -0.2) is 25.8 Å². The van der Waals surface area contributed by atoms with E-state index < -0.39 is 12.0 Å². The lowest BCUT2D eigenvalue weighted by atomic mass is 10.4. The van der Waals surface area contributed by atoms with Crippen molar-refractivity contribution in [3.63, 3.8) is 0 Å². The van der Waals surface area contributed by atoms with Crippen LogP contribution >= 0.6 is 15.9 Å². The van der Waals surface area contributed by atoms with Gasteiger partial charge < -0.3 is 5.11 Å². The van der Waals surface area contributed by atoms with Crippen molar-refractivity contribution in [3.8, 4) is 0 Å². The van der Waals surface area contributed by atoms with E-state index in [1.807, 2.05) is 0 Å². The summed E-state index contributed by atoms with van der Waals surface area (Å²) in [4.78, 5) is 14.1. The molecule has 0 aliphatic heterocycles. The standard InChI is InChI=1S/C5H6BrN3O2/c1-3(4(10)11)9-2-7-5(6)8-9/h2-3H,1H3,(H,10,11)/t3-/m1/s1. The van der Waals surface area contributed by atoms with Crippen molar-refractivity contribution < 1.29 is 9.90 Å². The minimum Gasteiger partial charge on any atom is -0.480 e. The van der Waals surface area contributed by atoms with Crippen LogP contribution in [0.1, 0.15) is 13.0 Å². The van der Waals surface area contributed by atoms with E-state index in [4.69, 9.17) is 5.11 Å². The van der Waals surface area contributed by atoms with Crippen molar-refractivity contribution in [1.29, 1.82) is 0 Å². The Balaban J connectivity index is 2.84. The maximum atomic E-state index is 10.4. The molecule has 60 valence electrons. The molecule has 1 aromatic rings. The number of hydrogen-bond donors (Lipinski definition) is 1. The highest BCUT2D eigenvalue weighted by Gasteiger charge is 2.13. The maximum absolute atomic E-state index is 10.4. The SMILES string of the molecule is C[C@H](C(=O)O)n1cnc(Br)n1. The van der Waals surface area contributed by atoms with Crippen LogP contribution in [0.4, 0.5) is 0 Å². The summed E-state index contributed by atoms with van der Waals surface area (Å²) in [5.74, 6) is -0.928. The van der Waals surface area contributed by atoms with Crippen molar-refractivity contribution in [2.75, 3.05) is 0 Å². The quantitative estimate of drug-likeness (QED) is 0.795. The lowest BCUT2D eigenvalue weighted by molar-refractivity contribution is -0.140. The van der Waals surface area contributed by atoms with Crippen LogP contribution in [-0.2, 0) is 4.79 Å². The largest absolute Gasteiger partial charge is 0.480 e. The van der Waals surface area contributed by atoms with Gasteiger partial charge in [0.15, 0.2) is 0 Å². The molecule has 0 bridgehead atoms. The molecule has 0 saturated heterocycles. The first-order chi connectivity index (χ1) is 5.11. The molecule has 11 heavy (non-hydrogen) atoms. The van der Waals surface area contributed by atoms with E-state index in [0.717, 1.165) is 0 Å². The predicted molar refractivity (Wildman–Crippen MR) is 40.1 cm³/mol. The number of aliphatic carboxylic acids is 1. The third kappa shape index (κ3) is 1.76. The Labute approximate surface area is 71.2 Å². The van der Waals surface area contributed by atoms with Gasteiger partial charge in [0.25, 0.3) is 0 Å². The van der Waals surface area contributed by atoms with Gasteiger partial charge in [-0.3, -0.25) is 0 Å². The average molecular weight is 220 g/mol. The maximum Gasteiger partial charge on any atom is 0.328 e. The van der Waals surface area contributed by atoms with E-state index in [0.29, 0.717) is 4.73 Å². The summed E-state index contributed by atoms with van der Waals surface area (Å²) in [5, 5.41) is 12.3. The molecule has 0 radical (unpaired) electrons. The van der Waals surface area contributed by atoms with Crippen LogP contribution in [0.2, 0.25) is 0 Å². The molecule has 1 aromatic heterocycles. The van der Waals surface area contributed by atoms with Gasteiger partial charge in [-0.05, 0) is 22.9 Å². The first-order valence-electron chi connectivity index (χ1n) is 2.90. The summed E-state index contributed by atoms with van der Waals surface area (Å²) >= 11 is 3.01. The lowest BCUT2D eigenvalue weighted by Gasteiger charge is -2.03. The van der Waals surface area contributed by atoms with E-state index in [2.05, 4.69) is 26.0 Å². The molecule has 6 heteroatoms. The van der Waals surface area contributed by atoms with Gasteiger partial charge in [0.1, 0.15) is 12.4 Å². The molecule has 1 atom stereocenters. The van der Waals surface area contributed by atoms with Crippen LogP contribution in [0.25, 0.3) is 0 Å². The monoisotopic (exact) mass is 219 g/mol. The molecule has 0 amide bonds. The molecule has 0 aliphatic carbocycles. The summed E-state index contributed by atoms with van der Waals surface area (Å²) < 4.78 is 1.66. The van der Waals surface area contributed by atoms with Gasteiger partial charge in [0.05, 0.1) is 0 Å². The first-order valence-corrected chi connectivity index (χ1v) is 3.70. The van der Waals surface area contributed by atoms with Crippen LogP contribution in [0.3, 0.4) is 0 Å². The fraction of sp³-hybridized carbons (Fsp3) is 0.400. The number of aromatic nitrogens is 3. The van der Waals surface area contributed by atoms with Gasteiger partial charge in [0.2, 0.25) is 4.73 Å². The van der Waals surface area contributed by atoms with Crippen molar-refractivity contribution >= 4 is 21.9 Å². The number of carboxylic acid groups (broad SMARTS) is 1. The minimum atomic E-state index is -0.928. The third-order valence-corrected chi connectivity index (χ3v) is 1.60. The van der Waals surface area contributed by atoms with E-state index in [1.54, 1.807) is 0 Å². The van der Waals surface area contributed by atoms with E-state index in [-0.39, 0.29) is 0 Å². The molecule has 0 unspecified atom stereocenters. The van der Waals surface area contributed by atoms with Gasteiger partial charge in [-0.25, -0.2) is 14.5 Å². The Morgan fingerprint density at radius 1 is 1.91 bits per heavy atom. The molecule has 0 saturated carbocycles. The number of carbonyl (C=O) groups is 1. The topological polar surface area (TPSA) is 68.0 Å². The van der Waals surface area contributed by atoms with Crippen LogP contribution in [0.5, 0.6) is 0 Å². The summed E-state index contributed by atoms with van der Waals surface area (Å²) in [7, 11) is 0. The Bertz CT molecular complexity index is 272. The summed E-state index contributed by atoms with van der Waals surface area (Å²) in [6, 6.07) is -0.672. The first kappa shape index (κ1) is 8.19. The summed E-state index contributed by atoms with van der Waals surface area (Å²) in [5.41, 5.74) is 0. The molecule has 0 aliphatic rings. The Hall–Kier alpha value is -0.910. The normalized spacial score (nSPS) is 12.9. The third-order valence-electron chi connectivity index (χ3n) is 1.23. The highest BCUT2D eigenvalue weighted by Crippen LogP contribution is 2.06. The van der Waals surface area contributed by atoms with Crippen molar-refractivity contribution in [2.24, 2.45) is 0 Å². The van der Waals surface area contributed by atoms with Crippen LogP contribution in [0, 0.1) is 0 Å². The van der Waals surface area contributed by atoms with Gasteiger partial charge in [-0.2, -0.15) is 0 Å². The number of rotatable bonds is 2. The average Bonchev–Trinajstić information content (AvgIpc) is 2.34. The molecule has 1 N–H and O–H groups in total. The van der Waals surface area contributed by atoms with Gasteiger partial charge in [-0.1, -0.05) is 0 Å². The Kier molecular flexibility index (Phi) is 2.23. The molecule has 1 heterocycles. The second-order valence-electron chi connectivity index (χ2n) is 2.01. The van der Waals surface area contributed by atoms with E-state index in [9.17, 15) is 4.79 Å². The number of nitrogens with zero attached hydrogens (tertiary/aromatic N) is 3. The minimum absolute atomic E-state index is 0.394. The van der Waals surface area contributed by atoms with Crippen LogP contribution in [0.15, 0.2) is 11.1 Å². The molecular weight excluding hydrogens is 214 g/mol. The molecule has 0 spiro atoms. The second kappa shape index (κ2) is 3.00. The fourth-order valence-corrected chi connectivity index (χ4v) is 0.828. The number of carboxylic acids is 1. The highest BCUT2D eigenvalue weighted by atomic mass is 79.9. The summed E-state index contributed by atoms with van der Waals surface area (Å²) in [6.07, 6.45) is 1.36. The van der Waals surface area contributed by atoms with E-state index in [1.165, 1.54) is 17.9 Å².